The number of ether oxygens (including phenoxy) is 1. The lowest BCUT2D eigenvalue weighted by molar-refractivity contribution is -0.144. The van der Waals surface area contributed by atoms with E-state index >= 15 is 0 Å². The smallest absolute Gasteiger partial charge is 0.316 e. The maximum Gasteiger partial charge on any atom is 0.316 e. The van der Waals surface area contributed by atoms with Crippen molar-refractivity contribution >= 4 is 17.7 Å². The summed E-state index contributed by atoms with van der Waals surface area (Å²) in [6.45, 7) is 5.56. The Morgan fingerprint density at radius 1 is 1.55 bits per heavy atom. The number of thioether (sulfide) groups is 1. The maximum absolute atomic E-state index is 11.7. The molecule has 7 heteroatoms. The number of rotatable bonds is 6. The largest absolute Gasteiger partial charge is 0.462 e. The van der Waals surface area contributed by atoms with Gasteiger partial charge in [-0.15, -0.1) is 0 Å². The van der Waals surface area contributed by atoms with Gasteiger partial charge in [0, 0.05) is 0 Å². The molecular formula is C13H17N3O3S. The van der Waals surface area contributed by atoms with Crippen LogP contribution >= 0.6 is 11.8 Å². The van der Waals surface area contributed by atoms with Gasteiger partial charge in [0.1, 0.15) is 11.6 Å². The number of nitrogens with zero attached hydrogens (tertiary/aromatic N) is 2. The van der Waals surface area contributed by atoms with Gasteiger partial charge in [0.05, 0.1) is 17.6 Å². The summed E-state index contributed by atoms with van der Waals surface area (Å²) >= 11 is 1.09. The van der Waals surface area contributed by atoms with Crippen LogP contribution in [-0.4, -0.2) is 27.8 Å². The van der Waals surface area contributed by atoms with Crippen molar-refractivity contribution in [2.45, 2.75) is 44.9 Å². The van der Waals surface area contributed by atoms with E-state index in [2.05, 4.69) is 9.97 Å². The first kappa shape index (κ1) is 16.2. The zero-order valence-electron chi connectivity index (χ0n) is 11.7. The lowest BCUT2D eigenvalue weighted by Gasteiger charge is -2.10. The monoisotopic (exact) mass is 295 g/mol. The molecule has 0 aliphatic heterocycles. The maximum atomic E-state index is 11.7. The lowest BCUT2D eigenvalue weighted by Crippen LogP contribution is -2.18. The molecule has 0 amide bonds. The summed E-state index contributed by atoms with van der Waals surface area (Å²) in [7, 11) is 0. The molecule has 0 saturated heterocycles. The van der Waals surface area contributed by atoms with Gasteiger partial charge < -0.3 is 9.72 Å². The first-order valence-corrected chi connectivity index (χ1v) is 7.35. The molecule has 0 bridgehead atoms. The van der Waals surface area contributed by atoms with Gasteiger partial charge in [0.25, 0.3) is 5.56 Å². The van der Waals surface area contributed by atoms with Crippen molar-refractivity contribution in [3.63, 3.8) is 0 Å². The number of nitrogens with one attached hydrogen (secondary N) is 1. The van der Waals surface area contributed by atoms with Gasteiger partial charge in [-0.2, -0.15) is 5.26 Å². The van der Waals surface area contributed by atoms with Gasteiger partial charge in [-0.05, 0) is 19.8 Å². The van der Waals surface area contributed by atoms with Crippen LogP contribution in [0.25, 0.3) is 0 Å². The highest BCUT2D eigenvalue weighted by molar-refractivity contribution is 7.99. The summed E-state index contributed by atoms with van der Waals surface area (Å²) in [5, 5.41) is 9.20. The van der Waals surface area contributed by atoms with Crippen molar-refractivity contribution in [1.82, 2.24) is 9.97 Å². The van der Waals surface area contributed by atoms with E-state index in [0.29, 0.717) is 17.3 Å². The average molecular weight is 295 g/mol. The second-order valence-corrected chi connectivity index (χ2v) is 5.12. The highest BCUT2D eigenvalue weighted by atomic mass is 32.2. The van der Waals surface area contributed by atoms with Gasteiger partial charge in [-0.1, -0.05) is 25.6 Å². The molecule has 20 heavy (non-hydrogen) atoms. The zero-order valence-corrected chi connectivity index (χ0v) is 12.5. The molecule has 0 aliphatic carbocycles. The standard InChI is InChI=1S/C13H17N3O3S/c1-4-8(3)19-11(17)7-20-13-15-10(5-2)9(6-14)12(18)16-13/h8H,4-5,7H2,1-3H3,(H,15,16,18). The highest BCUT2D eigenvalue weighted by Crippen LogP contribution is 2.14. The van der Waals surface area contributed by atoms with Crippen LogP contribution in [-0.2, 0) is 16.0 Å². The highest BCUT2D eigenvalue weighted by Gasteiger charge is 2.13. The molecule has 0 radical (unpaired) electrons. The normalized spacial score (nSPS) is 11.7. The van der Waals surface area contributed by atoms with E-state index in [1.165, 1.54) is 0 Å². The quantitative estimate of drug-likeness (QED) is 0.487. The van der Waals surface area contributed by atoms with Gasteiger partial charge in [0.2, 0.25) is 0 Å². The minimum absolute atomic E-state index is 0.0269. The topological polar surface area (TPSA) is 95.8 Å². The van der Waals surface area contributed by atoms with E-state index in [1.807, 2.05) is 26.8 Å². The van der Waals surface area contributed by atoms with Crippen LogP contribution in [0.3, 0.4) is 0 Å². The Morgan fingerprint density at radius 3 is 2.80 bits per heavy atom. The molecule has 1 aromatic rings. The molecule has 0 saturated carbocycles. The summed E-state index contributed by atoms with van der Waals surface area (Å²) in [5.41, 5.74) is -0.00906. The Kier molecular flexibility index (Phi) is 6.25. The molecule has 108 valence electrons. The predicted molar refractivity (Wildman–Crippen MR) is 75.5 cm³/mol. The number of carbonyl (C=O) groups is 1. The summed E-state index contributed by atoms with van der Waals surface area (Å²) in [4.78, 5) is 29.9. The van der Waals surface area contributed by atoms with E-state index < -0.39 is 5.56 Å². The van der Waals surface area contributed by atoms with Gasteiger partial charge >= 0.3 is 5.97 Å². The van der Waals surface area contributed by atoms with Crippen LogP contribution in [0.15, 0.2) is 9.95 Å². The molecule has 0 aromatic carbocycles. The SMILES string of the molecule is CCc1nc(SCC(=O)OC(C)CC)[nH]c(=O)c1C#N. The Hall–Kier alpha value is -1.81. The number of aryl methyl sites for hydroxylation is 1. The summed E-state index contributed by atoms with van der Waals surface area (Å²) < 4.78 is 5.12. The van der Waals surface area contributed by atoms with E-state index in [0.717, 1.165) is 18.2 Å². The zero-order chi connectivity index (χ0) is 15.1. The first-order chi connectivity index (χ1) is 9.51. The number of hydrogen-bond acceptors (Lipinski definition) is 6. The molecular weight excluding hydrogens is 278 g/mol. The third-order valence-corrected chi connectivity index (χ3v) is 3.50. The Morgan fingerprint density at radius 2 is 2.25 bits per heavy atom. The Bertz CT molecular complexity index is 577. The van der Waals surface area contributed by atoms with Crippen molar-refractivity contribution in [3.8, 4) is 6.07 Å². The molecule has 1 rings (SSSR count). The predicted octanol–water partition coefficient (Wildman–Crippen LogP) is 1.64. The number of H-pyrrole nitrogens is 1. The first-order valence-electron chi connectivity index (χ1n) is 6.37. The van der Waals surface area contributed by atoms with Gasteiger partial charge in [-0.25, -0.2) is 4.98 Å². The fourth-order valence-electron chi connectivity index (χ4n) is 1.41. The molecule has 0 spiro atoms. The molecule has 1 N–H and O–H groups in total. The number of aromatic nitrogens is 2. The number of aromatic amines is 1. The number of carbonyl (C=O) groups excluding carboxylic acids is 1. The fraction of sp³-hybridized carbons (Fsp3) is 0.538. The minimum atomic E-state index is -0.475. The van der Waals surface area contributed by atoms with Crippen LogP contribution in [0.5, 0.6) is 0 Å². The van der Waals surface area contributed by atoms with Gasteiger partial charge in [0.15, 0.2) is 5.16 Å². The van der Waals surface area contributed by atoms with E-state index in [-0.39, 0.29) is 23.4 Å². The molecule has 1 aromatic heterocycles. The molecule has 1 heterocycles. The molecule has 6 nitrogen and oxygen atoms in total. The van der Waals surface area contributed by atoms with Crippen molar-refractivity contribution in [1.29, 1.82) is 5.26 Å². The summed E-state index contributed by atoms with van der Waals surface area (Å²) in [6, 6.07) is 1.83. The van der Waals surface area contributed by atoms with Gasteiger partial charge in [-0.3, -0.25) is 9.59 Å². The summed E-state index contributed by atoms with van der Waals surface area (Å²) in [5.74, 6) is -0.281. The minimum Gasteiger partial charge on any atom is -0.462 e. The molecule has 1 atom stereocenters. The van der Waals surface area contributed by atoms with E-state index in [4.69, 9.17) is 10.00 Å². The van der Waals surface area contributed by atoms with Crippen LogP contribution in [0, 0.1) is 11.3 Å². The summed E-state index contributed by atoms with van der Waals surface area (Å²) in [6.07, 6.45) is 1.11. The molecule has 0 aliphatic rings. The number of esters is 1. The van der Waals surface area contributed by atoms with Crippen molar-refractivity contribution in [2.75, 3.05) is 5.75 Å². The number of nitriles is 1. The fourth-order valence-corrected chi connectivity index (χ4v) is 2.07. The second-order valence-electron chi connectivity index (χ2n) is 4.16. The Labute approximate surface area is 121 Å². The van der Waals surface area contributed by atoms with Crippen LogP contribution in [0.4, 0.5) is 0 Å². The lowest BCUT2D eigenvalue weighted by atomic mass is 10.2. The van der Waals surface area contributed by atoms with Crippen LogP contribution < -0.4 is 5.56 Å². The van der Waals surface area contributed by atoms with E-state index in [9.17, 15) is 9.59 Å². The number of hydrogen-bond donors (Lipinski definition) is 1. The van der Waals surface area contributed by atoms with Crippen molar-refractivity contribution in [2.24, 2.45) is 0 Å². The average Bonchev–Trinajstić information content (AvgIpc) is 2.44. The third-order valence-electron chi connectivity index (χ3n) is 2.65. The van der Waals surface area contributed by atoms with Crippen LogP contribution in [0.2, 0.25) is 0 Å². The molecule has 0 fully saturated rings. The Balaban J connectivity index is 2.75. The molecule has 1 unspecified atom stereocenters. The van der Waals surface area contributed by atoms with Crippen molar-refractivity contribution < 1.29 is 9.53 Å². The second kappa shape index (κ2) is 7.70. The van der Waals surface area contributed by atoms with Crippen LogP contribution in [0.1, 0.15) is 38.4 Å². The van der Waals surface area contributed by atoms with E-state index in [1.54, 1.807) is 0 Å². The third kappa shape index (κ3) is 4.38. The van der Waals surface area contributed by atoms with Crippen molar-refractivity contribution in [3.05, 3.63) is 21.6 Å².